The first-order valence-corrected chi connectivity index (χ1v) is 9.54. The van der Waals surface area contributed by atoms with E-state index in [0.29, 0.717) is 26.3 Å². The molecule has 0 heterocycles. The molecule has 9 heteroatoms. The lowest BCUT2D eigenvalue weighted by molar-refractivity contribution is -0.385. The van der Waals surface area contributed by atoms with Crippen molar-refractivity contribution in [3.05, 3.63) is 70.3 Å². The second-order valence-corrected chi connectivity index (χ2v) is 7.21. The fraction of sp³-hybridized carbons (Fsp3) is 0.294. The van der Waals surface area contributed by atoms with Crippen LogP contribution in [-0.4, -0.2) is 39.6 Å². The third-order valence-corrected chi connectivity index (χ3v) is 4.93. The maximum absolute atomic E-state index is 12.1. The van der Waals surface area contributed by atoms with Crippen LogP contribution in [0.25, 0.3) is 0 Å². The molecule has 0 spiro atoms. The van der Waals surface area contributed by atoms with Crippen molar-refractivity contribution in [3.8, 4) is 0 Å². The minimum Gasteiger partial charge on any atom is -0.375 e. The summed E-state index contributed by atoms with van der Waals surface area (Å²) in [5.74, 6) is 0. The topological polar surface area (TPSA) is 111 Å². The van der Waals surface area contributed by atoms with Gasteiger partial charge in [0.15, 0.2) is 0 Å². The van der Waals surface area contributed by atoms with E-state index in [4.69, 9.17) is 4.74 Å². The van der Waals surface area contributed by atoms with Crippen molar-refractivity contribution in [3.63, 3.8) is 0 Å². The van der Waals surface area contributed by atoms with Crippen LogP contribution < -0.4 is 10.0 Å². The van der Waals surface area contributed by atoms with Crippen LogP contribution in [0.15, 0.2) is 59.5 Å². The number of non-ortho nitro benzene ring substituents is 1. The van der Waals surface area contributed by atoms with Gasteiger partial charge in [-0.1, -0.05) is 36.4 Å². The van der Waals surface area contributed by atoms with Crippen molar-refractivity contribution in [2.75, 3.05) is 26.2 Å². The largest absolute Gasteiger partial charge is 0.375 e. The summed E-state index contributed by atoms with van der Waals surface area (Å²) in [6, 6.07) is 14.7. The molecule has 2 aromatic carbocycles. The molecule has 2 aromatic rings. The van der Waals surface area contributed by atoms with E-state index in [1.165, 1.54) is 18.2 Å². The van der Waals surface area contributed by atoms with Gasteiger partial charge in [0.2, 0.25) is 10.0 Å². The molecule has 0 aliphatic rings. The molecule has 0 saturated heterocycles. The fourth-order valence-corrected chi connectivity index (χ4v) is 3.23. The van der Waals surface area contributed by atoms with Crippen LogP contribution in [0, 0.1) is 10.1 Å². The van der Waals surface area contributed by atoms with E-state index in [2.05, 4.69) is 10.0 Å². The van der Waals surface area contributed by atoms with Crippen LogP contribution in [0.4, 0.5) is 5.69 Å². The second kappa shape index (κ2) is 9.97. The highest BCUT2D eigenvalue weighted by Gasteiger charge is 2.16. The van der Waals surface area contributed by atoms with Gasteiger partial charge in [0.05, 0.1) is 23.0 Å². The number of sulfonamides is 1. The zero-order chi connectivity index (χ0) is 18.8. The Morgan fingerprint density at radius 3 is 2.50 bits per heavy atom. The number of nitro benzene ring substituents is 1. The van der Waals surface area contributed by atoms with Gasteiger partial charge in [-0.25, -0.2) is 13.1 Å². The van der Waals surface area contributed by atoms with Crippen molar-refractivity contribution in [2.45, 2.75) is 11.5 Å². The zero-order valence-electron chi connectivity index (χ0n) is 14.1. The first kappa shape index (κ1) is 20.0. The van der Waals surface area contributed by atoms with E-state index in [-0.39, 0.29) is 17.1 Å². The number of nitrogens with one attached hydrogen (secondary N) is 2. The van der Waals surface area contributed by atoms with Gasteiger partial charge < -0.3 is 10.1 Å². The minimum atomic E-state index is -3.78. The van der Waals surface area contributed by atoms with E-state index < -0.39 is 14.9 Å². The highest BCUT2D eigenvalue weighted by molar-refractivity contribution is 7.89. The summed E-state index contributed by atoms with van der Waals surface area (Å²) in [6.07, 6.45) is 0. The van der Waals surface area contributed by atoms with E-state index in [1.54, 1.807) is 0 Å². The first-order chi connectivity index (χ1) is 12.5. The van der Waals surface area contributed by atoms with Crippen LogP contribution in [0.1, 0.15) is 5.56 Å². The molecule has 0 unspecified atom stereocenters. The molecule has 0 radical (unpaired) electrons. The van der Waals surface area contributed by atoms with E-state index in [1.807, 2.05) is 30.3 Å². The maximum atomic E-state index is 12.1. The molecule has 2 rings (SSSR count). The van der Waals surface area contributed by atoms with Gasteiger partial charge in [-0.15, -0.1) is 0 Å². The van der Waals surface area contributed by atoms with Crippen molar-refractivity contribution < 1.29 is 18.1 Å². The monoisotopic (exact) mass is 379 g/mol. The number of benzene rings is 2. The minimum absolute atomic E-state index is 0.127. The Bertz CT molecular complexity index is 812. The smallest absolute Gasteiger partial charge is 0.270 e. The zero-order valence-corrected chi connectivity index (χ0v) is 14.9. The maximum Gasteiger partial charge on any atom is 0.270 e. The standard InChI is InChI=1S/C17H21N3O5S/c21-20(22)16-7-4-8-17(13-16)26(23,24)19-10-9-18-11-12-25-14-15-5-2-1-3-6-15/h1-8,13,18-19H,9-12,14H2. The Hall–Kier alpha value is -2.33. The van der Waals surface area contributed by atoms with Gasteiger partial charge in [-0.05, 0) is 11.6 Å². The molecule has 0 aliphatic carbocycles. The van der Waals surface area contributed by atoms with Gasteiger partial charge in [-0.2, -0.15) is 0 Å². The summed E-state index contributed by atoms with van der Waals surface area (Å²) in [5.41, 5.74) is 0.832. The van der Waals surface area contributed by atoms with Gasteiger partial charge in [0, 0.05) is 31.8 Å². The van der Waals surface area contributed by atoms with Crippen LogP contribution in [0.5, 0.6) is 0 Å². The Morgan fingerprint density at radius 1 is 1.00 bits per heavy atom. The van der Waals surface area contributed by atoms with Crippen molar-refractivity contribution >= 4 is 15.7 Å². The number of hydrogen-bond donors (Lipinski definition) is 2. The molecule has 0 amide bonds. The third-order valence-electron chi connectivity index (χ3n) is 3.47. The van der Waals surface area contributed by atoms with Crippen LogP contribution >= 0.6 is 0 Å². The van der Waals surface area contributed by atoms with E-state index in [0.717, 1.165) is 11.6 Å². The molecule has 0 saturated carbocycles. The number of hydrogen-bond acceptors (Lipinski definition) is 6. The Balaban J connectivity index is 1.64. The molecule has 0 aromatic heterocycles. The molecule has 0 fully saturated rings. The molecular formula is C17H21N3O5S. The predicted molar refractivity (Wildman–Crippen MR) is 97.3 cm³/mol. The number of rotatable bonds is 11. The predicted octanol–water partition coefficient (Wildman–Crippen LogP) is 1.68. The summed E-state index contributed by atoms with van der Waals surface area (Å²) in [6.45, 7) is 2.21. The average molecular weight is 379 g/mol. The van der Waals surface area contributed by atoms with Gasteiger partial charge in [0.25, 0.3) is 5.69 Å². The van der Waals surface area contributed by atoms with Gasteiger partial charge >= 0.3 is 0 Å². The Kier molecular flexibility index (Phi) is 7.67. The third kappa shape index (κ3) is 6.52. The molecule has 0 aliphatic heterocycles. The SMILES string of the molecule is O=[N+]([O-])c1cccc(S(=O)(=O)NCCNCCOCc2ccccc2)c1. The van der Waals surface area contributed by atoms with Crippen molar-refractivity contribution in [1.29, 1.82) is 0 Å². The highest BCUT2D eigenvalue weighted by atomic mass is 32.2. The fourth-order valence-electron chi connectivity index (χ4n) is 2.15. The summed E-state index contributed by atoms with van der Waals surface area (Å²) in [5, 5.41) is 13.8. The van der Waals surface area contributed by atoms with Crippen LogP contribution in [0.2, 0.25) is 0 Å². The van der Waals surface area contributed by atoms with Crippen molar-refractivity contribution in [1.82, 2.24) is 10.0 Å². The van der Waals surface area contributed by atoms with E-state index in [9.17, 15) is 18.5 Å². The Morgan fingerprint density at radius 2 is 1.77 bits per heavy atom. The summed E-state index contributed by atoms with van der Waals surface area (Å²) in [4.78, 5) is 9.97. The van der Waals surface area contributed by atoms with Crippen LogP contribution in [-0.2, 0) is 21.4 Å². The lowest BCUT2D eigenvalue weighted by Crippen LogP contribution is -2.33. The molecule has 140 valence electrons. The first-order valence-electron chi connectivity index (χ1n) is 8.05. The lowest BCUT2D eigenvalue weighted by Gasteiger charge is -2.08. The Labute approximate surface area is 152 Å². The van der Waals surface area contributed by atoms with E-state index >= 15 is 0 Å². The molecule has 0 bridgehead atoms. The van der Waals surface area contributed by atoms with Gasteiger partial charge in [-0.3, -0.25) is 10.1 Å². The summed E-state index contributed by atoms with van der Waals surface area (Å²) >= 11 is 0. The summed E-state index contributed by atoms with van der Waals surface area (Å²) in [7, 11) is -3.78. The second-order valence-electron chi connectivity index (χ2n) is 5.44. The summed E-state index contributed by atoms with van der Waals surface area (Å²) < 4.78 is 32.1. The normalized spacial score (nSPS) is 11.4. The van der Waals surface area contributed by atoms with Gasteiger partial charge in [0.1, 0.15) is 0 Å². The quantitative estimate of drug-likeness (QED) is 0.349. The number of nitrogens with zero attached hydrogens (tertiary/aromatic N) is 1. The molecule has 8 nitrogen and oxygen atoms in total. The highest BCUT2D eigenvalue weighted by Crippen LogP contribution is 2.16. The number of nitro groups is 1. The number of ether oxygens (including phenoxy) is 1. The molecule has 26 heavy (non-hydrogen) atoms. The van der Waals surface area contributed by atoms with Crippen molar-refractivity contribution in [2.24, 2.45) is 0 Å². The molecule has 2 N–H and O–H groups in total. The molecular weight excluding hydrogens is 358 g/mol. The lowest BCUT2D eigenvalue weighted by atomic mass is 10.2. The van der Waals surface area contributed by atoms with Crippen LogP contribution in [0.3, 0.4) is 0 Å². The molecule has 0 atom stereocenters. The average Bonchev–Trinajstić information content (AvgIpc) is 2.65.